The highest BCUT2D eigenvalue weighted by Gasteiger charge is 2.39. The molecule has 2 aliphatic carbocycles. The number of rotatable bonds is 1. The molecule has 0 aliphatic heterocycles. The Morgan fingerprint density at radius 2 is 2.17 bits per heavy atom. The Hall–Kier alpha value is 0.0600. The third kappa shape index (κ3) is 1.43. The standard InChI is InChI=1S/C10H11Cl2/c11-9-5-2-6-10(12,7-9)8-3-1-4-8/h2,5-8H,1,3-4H2. The molecule has 0 aromatic carbocycles. The van der Waals surface area contributed by atoms with Gasteiger partial charge in [0.2, 0.25) is 0 Å². The van der Waals surface area contributed by atoms with Gasteiger partial charge in [-0.3, -0.25) is 0 Å². The lowest BCUT2D eigenvalue weighted by Crippen LogP contribution is -2.36. The summed E-state index contributed by atoms with van der Waals surface area (Å²) >= 11 is 12.3. The summed E-state index contributed by atoms with van der Waals surface area (Å²) in [6, 6.07) is 0. The van der Waals surface area contributed by atoms with E-state index >= 15 is 0 Å². The Kier molecular flexibility index (Phi) is 2.22. The van der Waals surface area contributed by atoms with Gasteiger partial charge in [0.1, 0.15) is 0 Å². The second kappa shape index (κ2) is 3.08. The maximum absolute atomic E-state index is 6.40. The van der Waals surface area contributed by atoms with E-state index in [-0.39, 0.29) is 4.87 Å². The summed E-state index contributed by atoms with van der Waals surface area (Å²) in [5, 5.41) is 0.763. The normalized spacial score (nSPS) is 36.0. The van der Waals surface area contributed by atoms with Crippen LogP contribution in [0.1, 0.15) is 19.3 Å². The average molecular weight is 202 g/mol. The van der Waals surface area contributed by atoms with Gasteiger partial charge in [-0.05, 0) is 24.8 Å². The van der Waals surface area contributed by atoms with Crippen molar-refractivity contribution in [2.45, 2.75) is 24.1 Å². The maximum atomic E-state index is 6.40. The van der Waals surface area contributed by atoms with Crippen LogP contribution in [0.2, 0.25) is 0 Å². The van der Waals surface area contributed by atoms with Crippen molar-refractivity contribution < 1.29 is 0 Å². The van der Waals surface area contributed by atoms with Gasteiger partial charge in [-0.1, -0.05) is 30.2 Å². The van der Waals surface area contributed by atoms with Crippen molar-refractivity contribution in [2.75, 3.05) is 0 Å². The van der Waals surface area contributed by atoms with E-state index in [1.54, 1.807) is 0 Å². The van der Waals surface area contributed by atoms with Gasteiger partial charge in [0.15, 0.2) is 0 Å². The summed E-state index contributed by atoms with van der Waals surface area (Å²) in [5.41, 5.74) is 0. The first-order chi connectivity index (χ1) is 5.71. The highest BCUT2D eigenvalue weighted by Crippen LogP contribution is 2.46. The SMILES string of the molecule is ClC1=CC=CC(Cl)(C2CCC2)[CH]1. The molecule has 0 heterocycles. The van der Waals surface area contributed by atoms with Gasteiger partial charge in [-0.2, -0.15) is 0 Å². The minimum Gasteiger partial charge on any atom is -0.114 e. The predicted octanol–water partition coefficient (Wildman–Crippen LogP) is 3.66. The Labute approximate surface area is 83.2 Å². The highest BCUT2D eigenvalue weighted by atomic mass is 35.5. The van der Waals surface area contributed by atoms with Gasteiger partial charge in [-0.15, -0.1) is 11.6 Å². The minimum atomic E-state index is -0.288. The van der Waals surface area contributed by atoms with Crippen molar-refractivity contribution in [3.05, 3.63) is 29.7 Å². The van der Waals surface area contributed by atoms with Gasteiger partial charge >= 0.3 is 0 Å². The lowest BCUT2D eigenvalue weighted by Gasteiger charge is -2.39. The fourth-order valence-electron chi connectivity index (χ4n) is 1.70. The van der Waals surface area contributed by atoms with Crippen LogP contribution in [-0.4, -0.2) is 4.87 Å². The van der Waals surface area contributed by atoms with Crippen molar-refractivity contribution in [1.82, 2.24) is 0 Å². The number of allylic oxidation sites excluding steroid dienone is 4. The van der Waals surface area contributed by atoms with Gasteiger partial charge in [-0.25, -0.2) is 0 Å². The Morgan fingerprint density at radius 3 is 2.67 bits per heavy atom. The Morgan fingerprint density at radius 1 is 1.42 bits per heavy atom. The molecule has 1 fully saturated rings. The molecule has 0 N–H and O–H groups in total. The fraction of sp³-hybridized carbons (Fsp3) is 0.500. The Bertz CT molecular complexity index is 238. The summed E-state index contributed by atoms with van der Waals surface area (Å²) in [4.78, 5) is -0.288. The molecule has 2 heteroatoms. The maximum Gasteiger partial charge on any atom is 0.0740 e. The quantitative estimate of drug-likeness (QED) is 0.569. The molecule has 0 bridgehead atoms. The lowest BCUT2D eigenvalue weighted by atomic mass is 9.73. The molecule has 0 aromatic heterocycles. The summed E-state index contributed by atoms with van der Waals surface area (Å²) in [7, 11) is 0. The molecule has 0 saturated heterocycles. The molecule has 12 heavy (non-hydrogen) atoms. The summed E-state index contributed by atoms with van der Waals surface area (Å²) < 4.78 is 0. The van der Waals surface area contributed by atoms with Crippen LogP contribution < -0.4 is 0 Å². The second-order valence-corrected chi connectivity index (χ2v) is 4.60. The monoisotopic (exact) mass is 201 g/mol. The van der Waals surface area contributed by atoms with Gasteiger partial charge < -0.3 is 0 Å². The number of alkyl halides is 1. The van der Waals surface area contributed by atoms with Crippen LogP contribution >= 0.6 is 23.2 Å². The van der Waals surface area contributed by atoms with Crippen molar-refractivity contribution in [3.63, 3.8) is 0 Å². The summed E-state index contributed by atoms with van der Waals surface area (Å²) in [6.45, 7) is 0. The average Bonchev–Trinajstić information content (AvgIpc) is 1.79. The van der Waals surface area contributed by atoms with Crippen LogP contribution in [0.15, 0.2) is 23.3 Å². The van der Waals surface area contributed by atoms with E-state index in [1.165, 1.54) is 19.3 Å². The largest absolute Gasteiger partial charge is 0.114 e. The fourth-order valence-corrected chi connectivity index (χ4v) is 2.42. The minimum absolute atomic E-state index is 0.288. The van der Waals surface area contributed by atoms with Crippen LogP contribution in [0, 0.1) is 12.3 Å². The molecular weight excluding hydrogens is 191 g/mol. The van der Waals surface area contributed by atoms with Gasteiger partial charge in [0, 0.05) is 11.5 Å². The summed E-state index contributed by atoms with van der Waals surface area (Å²) in [5.74, 6) is 0.595. The molecule has 1 atom stereocenters. The Balaban J connectivity index is 2.11. The van der Waals surface area contributed by atoms with Crippen LogP contribution in [-0.2, 0) is 0 Å². The highest BCUT2D eigenvalue weighted by molar-refractivity contribution is 6.34. The molecule has 1 saturated carbocycles. The molecule has 0 aromatic rings. The molecule has 1 radical (unpaired) electrons. The molecule has 0 spiro atoms. The molecule has 0 nitrogen and oxygen atoms in total. The number of hydrogen-bond donors (Lipinski definition) is 0. The molecule has 65 valence electrons. The molecule has 2 rings (SSSR count). The molecule has 1 unspecified atom stereocenters. The van der Waals surface area contributed by atoms with Crippen molar-refractivity contribution in [3.8, 4) is 0 Å². The van der Waals surface area contributed by atoms with Crippen molar-refractivity contribution in [1.29, 1.82) is 0 Å². The van der Waals surface area contributed by atoms with E-state index in [1.807, 2.05) is 24.6 Å². The van der Waals surface area contributed by atoms with E-state index in [9.17, 15) is 0 Å². The lowest BCUT2D eigenvalue weighted by molar-refractivity contribution is 0.281. The smallest absolute Gasteiger partial charge is 0.0740 e. The molecule has 0 amide bonds. The van der Waals surface area contributed by atoms with Crippen LogP contribution in [0.4, 0.5) is 0 Å². The number of hydrogen-bond acceptors (Lipinski definition) is 0. The summed E-state index contributed by atoms with van der Waals surface area (Å²) in [6.07, 6.45) is 11.6. The van der Waals surface area contributed by atoms with E-state index in [4.69, 9.17) is 23.2 Å². The van der Waals surface area contributed by atoms with Gasteiger partial charge in [0.25, 0.3) is 0 Å². The van der Waals surface area contributed by atoms with Crippen LogP contribution in [0.3, 0.4) is 0 Å². The van der Waals surface area contributed by atoms with E-state index in [0.717, 1.165) is 5.03 Å². The van der Waals surface area contributed by atoms with Crippen LogP contribution in [0.5, 0.6) is 0 Å². The first-order valence-electron chi connectivity index (χ1n) is 4.30. The zero-order valence-electron chi connectivity index (χ0n) is 6.76. The van der Waals surface area contributed by atoms with Crippen molar-refractivity contribution in [2.24, 2.45) is 5.92 Å². The van der Waals surface area contributed by atoms with E-state index in [0.29, 0.717) is 5.92 Å². The zero-order chi connectivity index (χ0) is 8.60. The molecular formula is C10H11Cl2. The first-order valence-corrected chi connectivity index (χ1v) is 5.06. The van der Waals surface area contributed by atoms with Crippen molar-refractivity contribution >= 4 is 23.2 Å². The van der Waals surface area contributed by atoms with E-state index in [2.05, 4.69) is 0 Å². The van der Waals surface area contributed by atoms with Gasteiger partial charge in [0.05, 0.1) is 4.87 Å². The third-order valence-electron chi connectivity index (χ3n) is 2.70. The predicted molar refractivity (Wildman–Crippen MR) is 53.3 cm³/mol. The first kappa shape index (κ1) is 8.65. The topological polar surface area (TPSA) is 0 Å². The molecule has 2 aliphatic rings. The van der Waals surface area contributed by atoms with Crippen LogP contribution in [0.25, 0.3) is 0 Å². The van der Waals surface area contributed by atoms with E-state index < -0.39 is 0 Å². The second-order valence-electron chi connectivity index (χ2n) is 3.51. The number of halogens is 2. The zero-order valence-corrected chi connectivity index (χ0v) is 8.28. The third-order valence-corrected chi connectivity index (χ3v) is 3.48.